The highest BCUT2D eigenvalue weighted by Gasteiger charge is 2.16. The van der Waals surface area contributed by atoms with Crippen molar-refractivity contribution in [1.29, 1.82) is 0 Å². The average molecular weight is 276 g/mol. The molecular weight excluding hydrogens is 266 g/mol. The number of nitrogens with zero attached hydrogens (tertiary/aromatic N) is 2. The predicted octanol–water partition coefficient (Wildman–Crippen LogP) is 3.54. The Morgan fingerprint density at radius 2 is 2.05 bits per heavy atom. The topological polar surface area (TPSA) is 78.1 Å². The third kappa shape index (κ3) is 1.98. The number of rotatable bonds is 2. The van der Waals surface area contributed by atoms with Gasteiger partial charge in [-0.2, -0.15) is 4.98 Å². The number of furan rings is 1. The van der Waals surface area contributed by atoms with Gasteiger partial charge in [0.1, 0.15) is 5.76 Å². The number of nitrogen functional groups attached to an aromatic ring is 1. The van der Waals surface area contributed by atoms with Gasteiger partial charge >= 0.3 is 0 Å². The maximum atomic E-state index is 5.97. The van der Waals surface area contributed by atoms with E-state index in [1.165, 1.54) is 0 Å². The summed E-state index contributed by atoms with van der Waals surface area (Å²) < 4.78 is 10.4. The van der Waals surface area contributed by atoms with Gasteiger partial charge in [-0.1, -0.05) is 22.8 Å². The summed E-state index contributed by atoms with van der Waals surface area (Å²) in [6, 6.07) is 7.05. The summed E-state index contributed by atoms with van der Waals surface area (Å²) >= 11 is 5.97. The van der Waals surface area contributed by atoms with E-state index in [1.54, 1.807) is 30.5 Å². The van der Waals surface area contributed by atoms with Gasteiger partial charge in [0.05, 0.1) is 28.1 Å². The van der Waals surface area contributed by atoms with Crippen LogP contribution in [0, 0.1) is 6.92 Å². The molecule has 19 heavy (non-hydrogen) atoms. The summed E-state index contributed by atoms with van der Waals surface area (Å²) in [7, 11) is 0. The summed E-state index contributed by atoms with van der Waals surface area (Å²) in [5.41, 5.74) is 7.72. The van der Waals surface area contributed by atoms with Gasteiger partial charge in [0.15, 0.2) is 0 Å². The zero-order chi connectivity index (χ0) is 13.4. The van der Waals surface area contributed by atoms with Crippen LogP contribution in [0.3, 0.4) is 0 Å². The van der Waals surface area contributed by atoms with Gasteiger partial charge in [-0.05, 0) is 25.1 Å². The lowest BCUT2D eigenvalue weighted by Crippen LogP contribution is -1.91. The molecule has 0 aliphatic heterocycles. The third-order valence-corrected chi connectivity index (χ3v) is 3.14. The molecule has 6 heteroatoms. The predicted molar refractivity (Wildman–Crippen MR) is 71.6 cm³/mol. The van der Waals surface area contributed by atoms with Gasteiger partial charge < -0.3 is 14.7 Å². The molecule has 5 nitrogen and oxygen atoms in total. The number of benzene rings is 1. The molecule has 2 aromatic heterocycles. The Labute approximate surface area is 114 Å². The quantitative estimate of drug-likeness (QED) is 0.724. The van der Waals surface area contributed by atoms with Crippen LogP contribution in [0.25, 0.3) is 22.8 Å². The first-order chi connectivity index (χ1) is 9.16. The number of aromatic nitrogens is 2. The second kappa shape index (κ2) is 4.44. The number of hydrogen-bond donors (Lipinski definition) is 1. The van der Waals surface area contributed by atoms with E-state index in [9.17, 15) is 0 Å². The van der Waals surface area contributed by atoms with Gasteiger partial charge in [-0.3, -0.25) is 0 Å². The lowest BCUT2D eigenvalue weighted by Gasteiger charge is -2.01. The molecule has 3 aromatic rings. The molecule has 3 rings (SSSR count). The van der Waals surface area contributed by atoms with Crippen molar-refractivity contribution in [2.75, 3.05) is 5.73 Å². The van der Waals surface area contributed by atoms with Crippen molar-refractivity contribution in [3.05, 3.63) is 41.3 Å². The molecule has 0 spiro atoms. The third-order valence-electron chi connectivity index (χ3n) is 2.81. The molecule has 2 N–H and O–H groups in total. The highest BCUT2D eigenvalue weighted by atomic mass is 35.5. The first-order valence-corrected chi connectivity index (χ1v) is 5.97. The zero-order valence-corrected chi connectivity index (χ0v) is 10.8. The largest absolute Gasteiger partial charge is 0.469 e. The Hall–Kier alpha value is -2.27. The Bertz CT molecular complexity index is 733. The van der Waals surface area contributed by atoms with Crippen LogP contribution in [-0.2, 0) is 0 Å². The van der Waals surface area contributed by atoms with Crippen molar-refractivity contribution in [2.45, 2.75) is 6.92 Å². The Balaban J connectivity index is 2.07. The van der Waals surface area contributed by atoms with E-state index < -0.39 is 0 Å². The van der Waals surface area contributed by atoms with Crippen molar-refractivity contribution in [3.63, 3.8) is 0 Å². The van der Waals surface area contributed by atoms with Crippen LogP contribution in [0.1, 0.15) is 5.76 Å². The highest BCUT2D eigenvalue weighted by Crippen LogP contribution is 2.32. The molecule has 1 aromatic carbocycles. The van der Waals surface area contributed by atoms with Crippen LogP contribution in [-0.4, -0.2) is 10.1 Å². The molecule has 96 valence electrons. The molecule has 0 amide bonds. The SMILES string of the molecule is Cc1occc1-c1noc(-c2cccc(Cl)c2N)n1. The summed E-state index contributed by atoms with van der Waals surface area (Å²) in [4.78, 5) is 4.31. The van der Waals surface area contributed by atoms with E-state index in [0.717, 1.165) is 11.3 Å². The highest BCUT2D eigenvalue weighted by molar-refractivity contribution is 6.33. The lowest BCUT2D eigenvalue weighted by molar-refractivity contribution is 0.432. The molecule has 0 saturated carbocycles. The minimum atomic E-state index is 0.329. The van der Waals surface area contributed by atoms with Gasteiger partial charge in [-0.15, -0.1) is 0 Å². The number of para-hydroxylation sites is 1. The fourth-order valence-corrected chi connectivity index (χ4v) is 1.96. The van der Waals surface area contributed by atoms with Crippen LogP contribution in [0.2, 0.25) is 5.02 Å². The number of nitrogens with two attached hydrogens (primary N) is 1. The monoisotopic (exact) mass is 275 g/mol. The summed E-state index contributed by atoms with van der Waals surface area (Å²) in [6.07, 6.45) is 1.58. The van der Waals surface area contributed by atoms with E-state index in [1.807, 2.05) is 6.92 Å². The normalized spacial score (nSPS) is 10.8. The molecule has 0 fully saturated rings. The van der Waals surface area contributed by atoms with E-state index in [4.69, 9.17) is 26.3 Å². The first-order valence-electron chi connectivity index (χ1n) is 5.59. The van der Waals surface area contributed by atoms with E-state index >= 15 is 0 Å². The minimum absolute atomic E-state index is 0.329. The summed E-state index contributed by atoms with van der Waals surface area (Å²) in [5, 5.41) is 4.38. The number of aryl methyl sites for hydroxylation is 1. The number of anilines is 1. The Morgan fingerprint density at radius 1 is 1.21 bits per heavy atom. The molecule has 0 radical (unpaired) electrons. The molecule has 0 aliphatic rings. The number of hydrogen-bond acceptors (Lipinski definition) is 5. The van der Waals surface area contributed by atoms with Gasteiger partial charge in [-0.25, -0.2) is 0 Å². The zero-order valence-electron chi connectivity index (χ0n) is 10.1. The molecule has 0 unspecified atom stereocenters. The fraction of sp³-hybridized carbons (Fsp3) is 0.0769. The smallest absolute Gasteiger partial charge is 0.260 e. The van der Waals surface area contributed by atoms with Crippen LogP contribution in [0.5, 0.6) is 0 Å². The van der Waals surface area contributed by atoms with Gasteiger partial charge in [0.25, 0.3) is 5.89 Å². The molecule has 0 bridgehead atoms. The van der Waals surface area contributed by atoms with Crippen molar-refractivity contribution in [2.24, 2.45) is 0 Å². The maximum Gasteiger partial charge on any atom is 0.260 e. The van der Waals surface area contributed by atoms with Crippen LogP contribution < -0.4 is 5.73 Å². The summed E-state index contributed by atoms with van der Waals surface area (Å²) in [5.74, 6) is 1.52. The second-order valence-corrected chi connectivity index (χ2v) is 4.42. The van der Waals surface area contributed by atoms with Crippen molar-refractivity contribution in [1.82, 2.24) is 10.1 Å². The molecule has 0 aliphatic carbocycles. The molecular formula is C13H10ClN3O2. The minimum Gasteiger partial charge on any atom is -0.469 e. The van der Waals surface area contributed by atoms with Crippen molar-refractivity contribution < 1.29 is 8.94 Å². The first kappa shape index (κ1) is 11.8. The maximum absolute atomic E-state index is 5.97. The summed E-state index contributed by atoms with van der Waals surface area (Å²) in [6.45, 7) is 1.83. The van der Waals surface area contributed by atoms with Crippen molar-refractivity contribution >= 4 is 17.3 Å². The van der Waals surface area contributed by atoms with Crippen LogP contribution in [0.15, 0.2) is 39.5 Å². The Kier molecular flexibility index (Phi) is 2.76. The van der Waals surface area contributed by atoms with E-state index in [0.29, 0.717) is 28.0 Å². The second-order valence-electron chi connectivity index (χ2n) is 4.01. The van der Waals surface area contributed by atoms with E-state index in [2.05, 4.69) is 10.1 Å². The van der Waals surface area contributed by atoms with Crippen LogP contribution in [0.4, 0.5) is 5.69 Å². The fourth-order valence-electron chi connectivity index (χ4n) is 1.78. The van der Waals surface area contributed by atoms with Crippen molar-refractivity contribution in [3.8, 4) is 22.8 Å². The molecule has 0 saturated heterocycles. The standard InChI is InChI=1S/C13H10ClN3O2/c1-7-8(5-6-18-7)12-16-13(19-17-12)9-3-2-4-10(14)11(9)15/h2-6H,15H2,1H3. The van der Waals surface area contributed by atoms with E-state index in [-0.39, 0.29) is 0 Å². The number of halogens is 1. The lowest BCUT2D eigenvalue weighted by atomic mass is 10.2. The molecule has 2 heterocycles. The van der Waals surface area contributed by atoms with Crippen LogP contribution >= 0.6 is 11.6 Å². The van der Waals surface area contributed by atoms with Gasteiger partial charge in [0, 0.05) is 0 Å². The average Bonchev–Trinajstić information content (AvgIpc) is 3.01. The van der Waals surface area contributed by atoms with Gasteiger partial charge in [0.2, 0.25) is 5.82 Å². The molecule has 0 atom stereocenters. The Morgan fingerprint density at radius 3 is 2.79 bits per heavy atom.